The molecule has 1 aromatic rings. The van der Waals surface area contributed by atoms with Gasteiger partial charge in [-0.25, -0.2) is 0 Å². The van der Waals surface area contributed by atoms with Crippen LogP contribution in [0.4, 0.5) is 0 Å². The maximum absolute atomic E-state index is 12.7. The Morgan fingerprint density at radius 1 is 1.55 bits per heavy atom. The number of nitrogens with zero attached hydrogens (tertiary/aromatic N) is 4. The molecular formula is C15H24N4O3. The normalized spacial score (nSPS) is 16.1. The van der Waals surface area contributed by atoms with Gasteiger partial charge in [-0.3, -0.25) is 14.3 Å². The number of ether oxygens (including phenoxy) is 1. The van der Waals surface area contributed by atoms with Gasteiger partial charge in [-0.2, -0.15) is 5.10 Å². The third-order valence-electron chi connectivity index (χ3n) is 3.94. The molecule has 1 aliphatic rings. The topological polar surface area (TPSA) is 67.7 Å². The number of carbonyl (C=O) groups is 2. The second-order valence-corrected chi connectivity index (χ2v) is 5.64. The SMILES string of the molecule is COCCN(Cc1cnn(C)c1)C(=O)[C@@H](C)N1CCCC1=O. The van der Waals surface area contributed by atoms with Crippen molar-refractivity contribution in [3.05, 3.63) is 18.0 Å². The van der Waals surface area contributed by atoms with E-state index in [2.05, 4.69) is 5.10 Å². The highest BCUT2D eigenvalue weighted by Gasteiger charge is 2.32. The number of aryl methyl sites for hydroxylation is 1. The van der Waals surface area contributed by atoms with E-state index in [4.69, 9.17) is 4.74 Å². The predicted octanol–water partition coefficient (Wildman–Crippen LogP) is 0.406. The summed E-state index contributed by atoms with van der Waals surface area (Å²) in [6.45, 7) is 3.90. The van der Waals surface area contributed by atoms with Gasteiger partial charge in [0.1, 0.15) is 6.04 Å². The lowest BCUT2D eigenvalue weighted by Gasteiger charge is -2.30. The minimum absolute atomic E-state index is 0.0452. The third kappa shape index (κ3) is 3.85. The summed E-state index contributed by atoms with van der Waals surface area (Å²) in [5, 5.41) is 4.13. The lowest BCUT2D eigenvalue weighted by Crippen LogP contribution is -2.48. The van der Waals surface area contributed by atoms with Crippen molar-refractivity contribution in [1.82, 2.24) is 19.6 Å². The first-order valence-electron chi connectivity index (χ1n) is 7.57. The maximum atomic E-state index is 12.7. The summed E-state index contributed by atoms with van der Waals surface area (Å²) in [4.78, 5) is 28.0. The fraction of sp³-hybridized carbons (Fsp3) is 0.667. The van der Waals surface area contributed by atoms with Crippen LogP contribution in [0.1, 0.15) is 25.3 Å². The Balaban J connectivity index is 2.06. The van der Waals surface area contributed by atoms with Gasteiger partial charge in [-0.15, -0.1) is 0 Å². The van der Waals surface area contributed by atoms with Gasteiger partial charge in [0, 0.05) is 52.0 Å². The molecule has 1 atom stereocenters. The minimum Gasteiger partial charge on any atom is -0.383 e. The van der Waals surface area contributed by atoms with Crippen molar-refractivity contribution >= 4 is 11.8 Å². The van der Waals surface area contributed by atoms with Crippen LogP contribution in [0, 0.1) is 0 Å². The third-order valence-corrected chi connectivity index (χ3v) is 3.94. The zero-order valence-corrected chi connectivity index (χ0v) is 13.5. The van der Waals surface area contributed by atoms with Gasteiger partial charge in [-0.1, -0.05) is 0 Å². The summed E-state index contributed by atoms with van der Waals surface area (Å²) in [6, 6.07) is -0.427. The molecule has 0 N–H and O–H groups in total. The highest BCUT2D eigenvalue weighted by Crippen LogP contribution is 2.16. The fourth-order valence-electron chi connectivity index (χ4n) is 2.72. The smallest absolute Gasteiger partial charge is 0.245 e. The van der Waals surface area contributed by atoms with Crippen molar-refractivity contribution in [2.24, 2.45) is 7.05 Å². The van der Waals surface area contributed by atoms with Crippen molar-refractivity contribution in [3.63, 3.8) is 0 Å². The van der Waals surface area contributed by atoms with E-state index >= 15 is 0 Å². The van der Waals surface area contributed by atoms with Crippen LogP contribution in [0.5, 0.6) is 0 Å². The second kappa shape index (κ2) is 7.40. The molecule has 0 radical (unpaired) electrons. The highest BCUT2D eigenvalue weighted by atomic mass is 16.5. The molecular weight excluding hydrogens is 284 g/mol. The largest absolute Gasteiger partial charge is 0.383 e. The molecule has 1 aromatic heterocycles. The van der Waals surface area contributed by atoms with E-state index in [1.54, 1.807) is 34.7 Å². The molecule has 0 spiro atoms. The average Bonchev–Trinajstić information content (AvgIpc) is 3.10. The number of likely N-dealkylation sites (tertiary alicyclic amines) is 1. The molecule has 0 aliphatic carbocycles. The van der Waals surface area contributed by atoms with Gasteiger partial charge in [-0.05, 0) is 13.3 Å². The number of hydrogen-bond acceptors (Lipinski definition) is 4. The lowest BCUT2D eigenvalue weighted by atomic mass is 10.2. The summed E-state index contributed by atoms with van der Waals surface area (Å²) in [7, 11) is 3.45. The van der Waals surface area contributed by atoms with Gasteiger partial charge in [0.15, 0.2) is 0 Å². The van der Waals surface area contributed by atoms with Crippen molar-refractivity contribution in [2.75, 3.05) is 26.8 Å². The summed E-state index contributed by atoms with van der Waals surface area (Å²) < 4.78 is 6.81. The molecule has 0 aromatic carbocycles. The van der Waals surface area contributed by atoms with E-state index in [0.29, 0.717) is 32.7 Å². The van der Waals surface area contributed by atoms with E-state index in [9.17, 15) is 9.59 Å². The predicted molar refractivity (Wildman–Crippen MR) is 80.9 cm³/mol. The van der Waals surface area contributed by atoms with E-state index < -0.39 is 6.04 Å². The molecule has 1 aliphatic heterocycles. The molecule has 0 saturated carbocycles. The van der Waals surface area contributed by atoms with Gasteiger partial charge < -0.3 is 14.5 Å². The van der Waals surface area contributed by atoms with Crippen LogP contribution in [0.2, 0.25) is 0 Å². The summed E-state index contributed by atoms with van der Waals surface area (Å²) >= 11 is 0. The first-order chi connectivity index (χ1) is 10.5. The van der Waals surface area contributed by atoms with Gasteiger partial charge in [0.25, 0.3) is 0 Å². The van der Waals surface area contributed by atoms with Crippen molar-refractivity contribution < 1.29 is 14.3 Å². The van der Waals surface area contributed by atoms with Crippen LogP contribution in [0.25, 0.3) is 0 Å². The van der Waals surface area contributed by atoms with Gasteiger partial charge >= 0.3 is 0 Å². The van der Waals surface area contributed by atoms with Gasteiger partial charge in [0.05, 0.1) is 12.8 Å². The summed E-state index contributed by atoms with van der Waals surface area (Å²) in [5.41, 5.74) is 0.965. The number of rotatable bonds is 7. The zero-order valence-electron chi connectivity index (χ0n) is 13.5. The average molecular weight is 308 g/mol. The zero-order chi connectivity index (χ0) is 16.1. The number of amides is 2. The molecule has 122 valence electrons. The number of methoxy groups -OCH3 is 1. The number of carbonyl (C=O) groups excluding carboxylic acids is 2. The van der Waals surface area contributed by atoms with E-state index in [-0.39, 0.29) is 11.8 Å². The van der Waals surface area contributed by atoms with Crippen molar-refractivity contribution in [1.29, 1.82) is 0 Å². The van der Waals surface area contributed by atoms with Gasteiger partial charge in [0.2, 0.25) is 11.8 Å². The van der Waals surface area contributed by atoms with Crippen LogP contribution < -0.4 is 0 Å². The van der Waals surface area contributed by atoms with E-state index in [1.807, 2.05) is 13.2 Å². The van der Waals surface area contributed by atoms with Crippen LogP contribution in [0.3, 0.4) is 0 Å². The second-order valence-electron chi connectivity index (χ2n) is 5.64. The standard InChI is InChI=1S/C15H24N4O3/c1-12(19-6-4-5-14(19)20)15(21)18(7-8-22-3)11-13-9-16-17(2)10-13/h9-10,12H,4-8,11H2,1-3H3/t12-/m1/s1. The molecule has 22 heavy (non-hydrogen) atoms. The Morgan fingerprint density at radius 2 is 2.32 bits per heavy atom. The number of aromatic nitrogens is 2. The molecule has 2 heterocycles. The Hall–Kier alpha value is -1.89. The first kappa shape index (κ1) is 16.5. The van der Waals surface area contributed by atoms with Crippen LogP contribution in [-0.2, 0) is 27.9 Å². The Bertz CT molecular complexity index is 529. The first-order valence-corrected chi connectivity index (χ1v) is 7.57. The van der Waals surface area contributed by atoms with E-state index in [1.165, 1.54) is 0 Å². The monoisotopic (exact) mass is 308 g/mol. The van der Waals surface area contributed by atoms with E-state index in [0.717, 1.165) is 12.0 Å². The Morgan fingerprint density at radius 3 is 2.86 bits per heavy atom. The fourth-order valence-corrected chi connectivity index (χ4v) is 2.72. The number of hydrogen-bond donors (Lipinski definition) is 0. The quantitative estimate of drug-likeness (QED) is 0.731. The highest BCUT2D eigenvalue weighted by molar-refractivity contribution is 5.88. The summed E-state index contributed by atoms with van der Waals surface area (Å²) in [5.74, 6) is 0.0186. The van der Waals surface area contributed by atoms with Crippen LogP contribution >= 0.6 is 0 Å². The molecule has 7 nitrogen and oxygen atoms in total. The molecule has 1 saturated heterocycles. The summed E-state index contributed by atoms with van der Waals surface area (Å²) in [6.07, 6.45) is 5.01. The van der Waals surface area contributed by atoms with Crippen molar-refractivity contribution in [2.45, 2.75) is 32.4 Å². The molecule has 2 amide bonds. The molecule has 1 fully saturated rings. The molecule has 7 heteroatoms. The Kier molecular flexibility index (Phi) is 5.54. The molecule has 0 bridgehead atoms. The lowest BCUT2D eigenvalue weighted by molar-refractivity contribution is -0.143. The van der Waals surface area contributed by atoms with Crippen LogP contribution in [-0.4, -0.2) is 64.2 Å². The molecule has 0 unspecified atom stereocenters. The Labute approximate surface area is 130 Å². The molecule has 2 rings (SSSR count). The van der Waals surface area contributed by atoms with Crippen molar-refractivity contribution in [3.8, 4) is 0 Å². The minimum atomic E-state index is -0.427. The maximum Gasteiger partial charge on any atom is 0.245 e. The van der Waals surface area contributed by atoms with Crippen LogP contribution in [0.15, 0.2) is 12.4 Å².